The number of carbonyl (C=O) groups is 1. The van der Waals surface area contributed by atoms with E-state index < -0.39 is 0 Å². The minimum Gasteiger partial charge on any atom is -0.481 e. The van der Waals surface area contributed by atoms with Gasteiger partial charge in [0.1, 0.15) is 0 Å². The van der Waals surface area contributed by atoms with Gasteiger partial charge in [-0.05, 0) is 17.9 Å². The van der Waals surface area contributed by atoms with Crippen LogP contribution < -0.4 is 4.74 Å². The highest BCUT2D eigenvalue weighted by Gasteiger charge is 2.32. The average Bonchev–Trinajstić information content (AvgIpc) is 2.45. The molecule has 1 aliphatic rings. The first-order valence-corrected chi connectivity index (χ1v) is 6.88. The fraction of sp³-hybridized carbons (Fsp3) is 0.375. The lowest BCUT2D eigenvalue weighted by Gasteiger charge is -2.29. The zero-order valence-electron chi connectivity index (χ0n) is 12.4. The molecule has 0 spiro atoms. The van der Waals surface area contributed by atoms with Crippen LogP contribution in [0.2, 0.25) is 0 Å². The van der Waals surface area contributed by atoms with Crippen molar-refractivity contribution in [3.05, 3.63) is 35.8 Å². The van der Waals surface area contributed by atoms with Crippen molar-refractivity contribution < 1.29 is 9.53 Å². The van der Waals surface area contributed by atoms with E-state index in [1.807, 2.05) is 6.07 Å². The van der Waals surface area contributed by atoms with E-state index in [9.17, 15) is 4.79 Å². The molecule has 0 fully saturated rings. The van der Waals surface area contributed by atoms with Gasteiger partial charge in [0.2, 0.25) is 5.88 Å². The number of fused-ring (bicyclic) bond motifs is 1. The summed E-state index contributed by atoms with van der Waals surface area (Å²) in [4.78, 5) is 25.2. The minimum atomic E-state index is -0.0478. The van der Waals surface area contributed by atoms with Crippen molar-refractivity contribution in [1.29, 1.82) is 0 Å². The second-order valence-electron chi connectivity index (χ2n) is 6.08. The fourth-order valence-corrected chi connectivity index (χ4v) is 2.60. The molecule has 2 aromatic heterocycles. The van der Waals surface area contributed by atoms with Crippen LogP contribution in [0.15, 0.2) is 24.5 Å². The summed E-state index contributed by atoms with van der Waals surface area (Å²) >= 11 is 0. The molecule has 0 unspecified atom stereocenters. The lowest BCUT2D eigenvalue weighted by Crippen LogP contribution is -2.28. The molecule has 0 atom stereocenters. The van der Waals surface area contributed by atoms with Gasteiger partial charge in [-0.2, -0.15) is 0 Å². The molecule has 0 amide bonds. The molecule has 0 bridgehead atoms. The van der Waals surface area contributed by atoms with Crippen molar-refractivity contribution in [3.63, 3.8) is 0 Å². The van der Waals surface area contributed by atoms with E-state index in [0.717, 1.165) is 17.7 Å². The Kier molecular flexibility index (Phi) is 3.20. The van der Waals surface area contributed by atoms with E-state index in [-0.39, 0.29) is 11.2 Å². The Morgan fingerprint density at radius 1 is 1.14 bits per heavy atom. The van der Waals surface area contributed by atoms with E-state index in [1.165, 1.54) is 0 Å². The monoisotopic (exact) mass is 283 g/mol. The number of pyridine rings is 1. The molecule has 0 saturated carbocycles. The number of ether oxygens (including phenoxy) is 1. The summed E-state index contributed by atoms with van der Waals surface area (Å²) in [5.41, 5.74) is 2.25. The number of methoxy groups -OCH3 is 1. The van der Waals surface area contributed by atoms with Crippen LogP contribution in [0.25, 0.3) is 11.4 Å². The first kappa shape index (κ1) is 13.7. The van der Waals surface area contributed by atoms with E-state index >= 15 is 0 Å². The Labute approximate surface area is 123 Å². The smallest absolute Gasteiger partial charge is 0.212 e. The predicted molar refractivity (Wildman–Crippen MR) is 78.2 cm³/mol. The quantitative estimate of drug-likeness (QED) is 0.847. The van der Waals surface area contributed by atoms with Crippen molar-refractivity contribution in [2.75, 3.05) is 7.11 Å². The molecule has 1 aliphatic carbocycles. The van der Waals surface area contributed by atoms with Gasteiger partial charge in [-0.25, -0.2) is 15.0 Å². The van der Waals surface area contributed by atoms with E-state index in [1.54, 1.807) is 25.6 Å². The highest BCUT2D eigenvalue weighted by atomic mass is 16.5. The molecule has 0 radical (unpaired) electrons. The van der Waals surface area contributed by atoms with Gasteiger partial charge >= 0.3 is 0 Å². The number of Topliss-reactive ketones (excluding diaryl/α,β-unsaturated/α-hetero) is 1. The summed E-state index contributed by atoms with van der Waals surface area (Å²) in [5, 5.41) is 0. The molecule has 0 saturated heterocycles. The van der Waals surface area contributed by atoms with Crippen molar-refractivity contribution in [2.24, 2.45) is 5.41 Å². The largest absolute Gasteiger partial charge is 0.481 e. The molecule has 21 heavy (non-hydrogen) atoms. The van der Waals surface area contributed by atoms with Gasteiger partial charge in [-0.15, -0.1) is 0 Å². The number of carbonyl (C=O) groups excluding carboxylic acids is 1. The summed E-state index contributed by atoms with van der Waals surface area (Å²) in [6.45, 7) is 4.18. The molecule has 0 N–H and O–H groups in total. The lowest BCUT2D eigenvalue weighted by atomic mass is 9.76. The van der Waals surface area contributed by atoms with Crippen molar-refractivity contribution in [2.45, 2.75) is 26.7 Å². The first-order chi connectivity index (χ1) is 9.98. The third kappa shape index (κ3) is 2.63. The van der Waals surface area contributed by atoms with Gasteiger partial charge in [-0.3, -0.25) is 4.79 Å². The van der Waals surface area contributed by atoms with E-state index in [4.69, 9.17) is 4.74 Å². The fourth-order valence-electron chi connectivity index (χ4n) is 2.60. The molecule has 5 nitrogen and oxygen atoms in total. The molecule has 3 rings (SSSR count). The first-order valence-electron chi connectivity index (χ1n) is 6.88. The molecule has 2 aromatic rings. The van der Waals surface area contributed by atoms with Gasteiger partial charge in [0.15, 0.2) is 11.6 Å². The highest BCUT2D eigenvalue weighted by molar-refractivity contribution is 5.98. The summed E-state index contributed by atoms with van der Waals surface area (Å²) in [6.07, 6.45) is 4.65. The Balaban J connectivity index is 2.00. The number of hydrogen-bond acceptors (Lipinski definition) is 5. The van der Waals surface area contributed by atoms with Crippen LogP contribution in [0.3, 0.4) is 0 Å². The average molecular weight is 283 g/mol. The summed E-state index contributed by atoms with van der Waals surface area (Å²) < 4.78 is 5.04. The number of aromatic nitrogens is 3. The highest BCUT2D eigenvalue weighted by Crippen LogP contribution is 2.34. The van der Waals surface area contributed by atoms with Crippen molar-refractivity contribution in [1.82, 2.24) is 15.0 Å². The number of nitrogens with zero attached hydrogens (tertiary/aromatic N) is 3. The molecule has 0 aromatic carbocycles. The summed E-state index contributed by atoms with van der Waals surface area (Å²) in [5.74, 6) is 1.27. The normalized spacial score (nSPS) is 16.4. The summed E-state index contributed by atoms with van der Waals surface area (Å²) in [6, 6.07) is 3.64. The van der Waals surface area contributed by atoms with Crippen LogP contribution in [-0.4, -0.2) is 27.8 Å². The zero-order chi connectivity index (χ0) is 15.0. The zero-order valence-corrected chi connectivity index (χ0v) is 12.4. The van der Waals surface area contributed by atoms with Crippen LogP contribution in [0.4, 0.5) is 0 Å². The Bertz CT molecular complexity index is 693. The molecule has 0 aliphatic heterocycles. The van der Waals surface area contributed by atoms with E-state index in [2.05, 4.69) is 28.8 Å². The van der Waals surface area contributed by atoms with Crippen LogP contribution >= 0.6 is 0 Å². The lowest BCUT2D eigenvalue weighted by molar-refractivity contribution is 0.0910. The van der Waals surface area contributed by atoms with Gasteiger partial charge in [0, 0.05) is 30.4 Å². The van der Waals surface area contributed by atoms with Crippen LogP contribution in [0.5, 0.6) is 5.88 Å². The maximum Gasteiger partial charge on any atom is 0.212 e. The minimum absolute atomic E-state index is 0.0478. The topological polar surface area (TPSA) is 65.0 Å². The number of rotatable bonds is 2. The Hall–Kier alpha value is -2.30. The number of hydrogen-bond donors (Lipinski definition) is 0. The second kappa shape index (κ2) is 4.91. The van der Waals surface area contributed by atoms with Crippen LogP contribution in [0, 0.1) is 5.41 Å². The van der Waals surface area contributed by atoms with Gasteiger partial charge in [0.25, 0.3) is 0 Å². The molecule has 2 heterocycles. The third-order valence-corrected chi connectivity index (χ3v) is 3.66. The van der Waals surface area contributed by atoms with Gasteiger partial charge < -0.3 is 4.74 Å². The Morgan fingerprint density at radius 2 is 1.95 bits per heavy atom. The molecule has 108 valence electrons. The maximum atomic E-state index is 12.1. The standard InChI is InChI=1S/C16H17N3O2/c1-16(2)6-12-11(13(20)7-16)9-18-15(19-12)10-4-5-14(21-3)17-8-10/h4-5,8-9H,6-7H2,1-3H3. The molecule has 5 heteroatoms. The molecular formula is C16H17N3O2. The molecular weight excluding hydrogens is 266 g/mol. The SMILES string of the molecule is COc1ccc(-c2ncc3c(n2)CC(C)(C)CC3=O)cn1. The van der Waals surface area contributed by atoms with Crippen LogP contribution in [-0.2, 0) is 6.42 Å². The predicted octanol–water partition coefficient (Wildman–Crippen LogP) is 2.70. The number of ketones is 1. The van der Waals surface area contributed by atoms with Gasteiger partial charge in [0.05, 0.1) is 18.4 Å². The van der Waals surface area contributed by atoms with E-state index in [0.29, 0.717) is 23.7 Å². The summed E-state index contributed by atoms with van der Waals surface area (Å²) in [7, 11) is 1.57. The van der Waals surface area contributed by atoms with Gasteiger partial charge in [-0.1, -0.05) is 13.8 Å². The third-order valence-electron chi connectivity index (χ3n) is 3.66. The van der Waals surface area contributed by atoms with Crippen molar-refractivity contribution >= 4 is 5.78 Å². The van der Waals surface area contributed by atoms with Crippen molar-refractivity contribution in [3.8, 4) is 17.3 Å². The maximum absolute atomic E-state index is 12.1. The Morgan fingerprint density at radius 3 is 2.62 bits per heavy atom. The van der Waals surface area contributed by atoms with Crippen LogP contribution in [0.1, 0.15) is 36.3 Å². The second-order valence-corrected chi connectivity index (χ2v) is 6.08.